The van der Waals surface area contributed by atoms with Crippen LogP contribution < -0.4 is 9.47 Å². The average molecular weight is 458 g/mol. The molecule has 0 saturated carbocycles. The third-order valence-electron chi connectivity index (χ3n) is 4.08. The lowest BCUT2D eigenvalue weighted by Gasteiger charge is -2.12. The van der Waals surface area contributed by atoms with E-state index in [9.17, 15) is 14.9 Å². The van der Waals surface area contributed by atoms with E-state index in [0.717, 1.165) is 23.5 Å². The molecule has 1 aliphatic heterocycles. The molecule has 0 amide bonds. The fourth-order valence-corrected chi connectivity index (χ4v) is 5.06. The highest BCUT2D eigenvalue weighted by Gasteiger charge is 2.30. The Bertz CT molecular complexity index is 1230. The monoisotopic (exact) mass is 458 g/mol. The van der Waals surface area contributed by atoms with Crippen LogP contribution in [-0.4, -0.2) is 21.9 Å². The second kappa shape index (κ2) is 9.35. The number of thioether (sulfide) groups is 2. The predicted molar refractivity (Wildman–Crippen MR) is 116 cm³/mol. The fourth-order valence-electron chi connectivity index (χ4n) is 2.59. The SMILES string of the molecule is [C-]#[N+]C(C#N)=C1Sc2c(OC(=O)c3ccncc3)ccc(OC(=O)c3ccncc3)c2S1. The summed E-state index contributed by atoms with van der Waals surface area (Å²) in [6.45, 7) is 7.23. The first-order valence-electron chi connectivity index (χ1n) is 8.89. The maximum absolute atomic E-state index is 12.5. The van der Waals surface area contributed by atoms with Crippen molar-refractivity contribution in [1.82, 2.24) is 9.97 Å². The molecule has 0 unspecified atom stereocenters. The second-order valence-electron chi connectivity index (χ2n) is 6.03. The number of nitriles is 1. The normalized spacial score (nSPS) is 11.6. The van der Waals surface area contributed by atoms with Crippen LogP contribution in [0.1, 0.15) is 20.7 Å². The van der Waals surface area contributed by atoms with Gasteiger partial charge in [0.2, 0.25) is 0 Å². The van der Waals surface area contributed by atoms with Gasteiger partial charge in [-0.25, -0.2) is 19.7 Å². The van der Waals surface area contributed by atoms with E-state index in [1.165, 1.54) is 61.2 Å². The van der Waals surface area contributed by atoms with Gasteiger partial charge < -0.3 is 9.47 Å². The van der Waals surface area contributed by atoms with Crippen molar-refractivity contribution < 1.29 is 19.1 Å². The highest BCUT2D eigenvalue weighted by Crippen LogP contribution is 2.59. The number of carbonyl (C=O) groups is 2. The molecule has 0 N–H and O–H groups in total. The number of aromatic nitrogens is 2. The number of rotatable bonds is 4. The zero-order chi connectivity index (χ0) is 22.5. The van der Waals surface area contributed by atoms with Crippen LogP contribution in [0.5, 0.6) is 11.5 Å². The maximum Gasteiger partial charge on any atom is 0.343 e. The molecule has 154 valence electrons. The van der Waals surface area contributed by atoms with Crippen LogP contribution >= 0.6 is 23.5 Å². The van der Waals surface area contributed by atoms with Crippen molar-refractivity contribution in [3.8, 4) is 17.6 Å². The number of carbonyl (C=O) groups excluding carboxylic acids is 2. The molecule has 0 spiro atoms. The summed E-state index contributed by atoms with van der Waals surface area (Å²) in [5.41, 5.74) is 0.522. The third-order valence-corrected chi connectivity index (χ3v) is 6.68. The minimum atomic E-state index is -0.593. The standard InChI is InChI=1S/C22H10N4O4S2/c1-24-15(12-23)22-31-18-16(29-20(27)13-4-8-25-9-5-13)2-3-17(19(18)32-22)30-21(28)14-6-10-26-11-7-14/h2-11H. The Balaban J connectivity index is 1.70. The molecule has 3 aromatic rings. The van der Waals surface area contributed by atoms with Gasteiger partial charge in [-0.3, -0.25) is 9.97 Å². The maximum atomic E-state index is 12.5. The lowest BCUT2D eigenvalue weighted by atomic mass is 10.2. The van der Waals surface area contributed by atoms with Crippen molar-refractivity contribution >= 4 is 35.5 Å². The molecule has 0 atom stereocenters. The average Bonchev–Trinajstić information content (AvgIpc) is 3.28. The van der Waals surface area contributed by atoms with Gasteiger partial charge in [-0.1, -0.05) is 23.5 Å². The number of benzene rings is 1. The highest BCUT2D eigenvalue weighted by atomic mass is 32.2. The predicted octanol–water partition coefficient (Wildman–Crippen LogP) is 4.72. The molecule has 3 heterocycles. The molecular formula is C22H10N4O4S2. The summed E-state index contributed by atoms with van der Waals surface area (Å²) < 4.78 is 11.5. The number of ether oxygens (including phenoxy) is 2. The topological polar surface area (TPSA) is 107 Å². The quantitative estimate of drug-likeness (QED) is 0.237. The molecule has 0 bridgehead atoms. The number of pyridine rings is 2. The first-order chi connectivity index (χ1) is 15.6. The van der Waals surface area contributed by atoms with E-state index in [-0.39, 0.29) is 17.2 Å². The lowest BCUT2D eigenvalue weighted by molar-refractivity contribution is 0.0711. The van der Waals surface area contributed by atoms with Crippen molar-refractivity contribution in [3.05, 3.63) is 93.7 Å². The molecule has 32 heavy (non-hydrogen) atoms. The summed E-state index contributed by atoms with van der Waals surface area (Å²) in [5.74, 6) is -0.740. The first kappa shape index (κ1) is 21.1. The lowest BCUT2D eigenvalue weighted by Crippen LogP contribution is -2.11. The summed E-state index contributed by atoms with van der Waals surface area (Å²) in [4.78, 5) is 37.0. The molecule has 0 radical (unpaired) electrons. The molecule has 0 aliphatic carbocycles. The van der Waals surface area contributed by atoms with Crippen molar-refractivity contribution in [2.75, 3.05) is 0 Å². The molecule has 8 nitrogen and oxygen atoms in total. The Labute approximate surface area is 190 Å². The van der Waals surface area contributed by atoms with Crippen LogP contribution in [0.4, 0.5) is 0 Å². The zero-order valence-corrected chi connectivity index (χ0v) is 17.6. The van der Waals surface area contributed by atoms with Crippen LogP contribution in [0.25, 0.3) is 4.85 Å². The molecule has 1 aromatic carbocycles. The smallest absolute Gasteiger partial charge is 0.343 e. The number of esters is 2. The molecule has 0 saturated heterocycles. The number of allylic oxidation sites excluding steroid dienone is 1. The van der Waals surface area contributed by atoms with Gasteiger partial charge in [-0.05, 0) is 36.4 Å². The van der Waals surface area contributed by atoms with E-state index in [2.05, 4.69) is 14.8 Å². The summed E-state index contributed by atoms with van der Waals surface area (Å²) in [6, 6.07) is 11.0. The number of nitrogens with zero attached hydrogens (tertiary/aromatic N) is 4. The van der Waals surface area contributed by atoms with Gasteiger partial charge in [-0.2, -0.15) is 0 Å². The van der Waals surface area contributed by atoms with Gasteiger partial charge in [-0.15, -0.1) is 0 Å². The molecular weight excluding hydrogens is 448 g/mol. The van der Waals surface area contributed by atoms with Gasteiger partial charge in [0.1, 0.15) is 11.5 Å². The van der Waals surface area contributed by atoms with Gasteiger partial charge in [0, 0.05) is 24.8 Å². The van der Waals surface area contributed by atoms with Gasteiger partial charge in [0.05, 0.1) is 37.8 Å². The van der Waals surface area contributed by atoms with Crippen molar-refractivity contribution in [3.63, 3.8) is 0 Å². The highest BCUT2D eigenvalue weighted by molar-refractivity contribution is 8.24. The van der Waals surface area contributed by atoms with Crippen LogP contribution in [0.15, 0.2) is 80.9 Å². The molecule has 1 aliphatic rings. The molecule has 4 rings (SSSR count). The van der Waals surface area contributed by atoms with E-state index in [0.29, 0.717) is 25.2 Å². The Kier molecular flexibility index (Phi) is 6.17. The Hall–Kier alpha value is -4.12. The largest absolute Gasteiger partial charge is 0.422 e. The second-order valence-corrected chi connectivity index (χ2v) is 8.33. The van der Waals surface area contributed by atoms with E-state index >= 15 is 0 Å². The minimum absolute atomic E-state index is 0.103. The summed E-state index contributed by atoms with van der Waals surface area (Å²) in [5, 5.41) is 9.26. The third kappa shape index (κ3) is 4.32. The Morgan fingerprint density at radius 3 is 1.66 bits per heavy atom. The summed E-state index contributed by atoms with van der Waals surface area (Å²) in [6.07, 6.45) is 5.90. The summed E-state index contributed by atoms with van der Waals surface area (Å²) in [7, 11) is 0. The number of hydrogen-bond donors (Lipinski definition) is 0. The first-order valence-corrected chi connectivity index (χ1v) is 10.5. The van der Waals surface area contributed by atoms with Crippen LogP contribution in [-0.2, 0) is 0 Å². The van der Waals surface area contributed by atoms with Crippen molar-refractivity contribution in [2.45, 2.75) is 9.79 Å². The van der Waals surface area contributed by atoms with Crippen LogP contribution in [0.3, 0.4) is 0 Å². The Morgan fingerprint density at radius 2 is 1.28 bits per heavy atom. The number of hydrogen-bond acceptors (Lipinski definition) is 9. The number of fused-ring (bicyclic) bond motifs is 1. The van der Waals surface area contributed by atoms with E-state index < -0.39 is 11.9 Å². The van der Waals surface area contributed by atoms with Crippen molar-refractivity contribution in [1.29, 1.82) is 5.26 Å². The minimum Gasteiger partial charge on any atom is -0.422 e. The zero-order valence-electron chi connectivity index (χ0n) is 16.0. The van der Waals surface area contributed by atoms with Gasteiger partial charge >= 0.3 is 11.9 Å². The molecule has 0 fully saturated rings. The van der Waals surface area contributed by atoms with Crippen LogP contribution in [0.2, 0.25) is 0 Å². The van der Waals surface area contributed by atoms with Crippen molar-refractivity contribution in [2.24, 2.45) is 0 Å². The van der Waals surface area contributed by atoms with E-state index in [4.69, 9.17) is 16.0 Å². The molecule has 10 heteroatoms. The van der Waals surface area contributed by atoms with Crippen LogP contribution in [0, 0.1) is 17.9 Å². The van der Waals surface area contributed by atoms with Gasteiger partial charge in [0.15, 0.2) is 0 Å². The fraction of sp³-hybridized carbons (Fsp3) is 0. The summed E-state index contributed by atoms with van der Waals surface area (Å²) >= 11 is 2.22. The Morgan fingerprint density at radius 1 is 0.844 bits per heavy atom. The van der Waals surface area contributed by atoms with Gasteiger partial charge in [0.25, 0.3) is 5.70 Å². The van der Waals surface area contributed by atoms with E-state index in [1.54, 1.807) is 0 Å². The van der Waals surface area contributed by atoms with E-state index in [1.807, 2.05) is 6.07 Å². The molecule has 2 aromatic heterocycles.